The predicted octanol–water partition coefficient (Wildman–Crippen LogP) is 0.901. The highest BCUT2D eigenvalue weighted by molar-refractivity contribution is 5.80. The number of carbonyl (C=O) groups excluding carboxylic acids is 1. The maximum atomic E-state index is 12.1. The van der Waals surface area contributed by atoms with E-state index >= 15 is 0 Å². The predicted molar refractivity (Wildman–Crippen MR) is 70.9 cm³/mol. The molecule has 0 aliphatic heterocycles. The largest absolute Gasteiger partial charge is 0.481 e. The van der Waals surface area contributed by atoms with Crippen LogP contribution in [-0.2, 0) is 23.1 Å². The van der Waals surface area contributed by atoms with E-state index in [9.17, 15) is 9.59 Å². The summed E-state index contributed by atoms with van der Waals surface area (Å²) in [5, 5.41) is 13.0. The van der Waals surface area contributed by atoms with Crippen LogP contribution in [0.25, 0.3) is 0 Å². The van der Waals surface area contributed by atoms with Crippen molar-refractivity contribution in [2.45, 2.75) is 39.7 Å². The number of aryl methyl sites for hydroxylation is 2. The summed E-state index contributed by atoms with van der Waals surface area (Å²) in [5.74, 6) is -0.992. The highest BCUT2D eigenvalue weighted by Crippen LogP contribution is 2.14. The first-order valence-electron chi connectivity index (χ1n) is 6.20. The molecule has 19 heavy (non-hydrogen) atoms. The van der Waals surface area contributed by atoms with Crippen LogP contribution in [0.15, 0.2) is 0 Å². The lowest BCUT2D eigenvalue weighted by Crippen LogP contribution is -2.37. The van der Waals surface area contributed by atoms with Gasteiger partial charge in [-0.1, -0.05) is 0 Å². The number of rotatable bonds is 5. The number of aromatic nitrogens is 2. The van der Waals surface area contributed by atoms with Crippen LogP contribution in [0, 0.1) is 13.8 Å². The molecule has 1 rings (SSSR count). The topological polar surface area (TPSA) is 75.4 Å². The van der Waals surface area contributed by atoms with Gasteiger partial charge in [-0.15, -0.1) is 0 Å². The summed E-state index contributed by atoms with van der Waals surface area (Å²) < 4.78 is 1.75. The quantitative estimate of drug-likeness (QED) is 0.860. The molecular formula is C13H21N3O3. The lowest BCUT2D eigenvalue weighted by molar-refractivity contribution is -0.139. The van der Waals surface area contributed by atoms with Crippen molar-refractivity contribution in [3.8, 4) is 0 Å². The second-order valence-electron chi connectivity index (χ2n) is 4.90. The molecule has 0 radical (unpaired) electrons. The van der Waals surface area contributed by atoms with Crippen LogP contribution >= 0.6 is 0 Å². The third-order valence-corrected chi connectivity index (χ3v) is 3.51. The summed E-state index contributed by atoms with van der Waals surface area (Å²) in [6.45, 7) is 5.52. The molecule has 1 N–H and O–H groups in total. The Morgan fingerprint density at radius 3 is 2.42 bits per heavy atom. The van der Waals surface area contributed by atoms with Crippen molar-refractivity contribution < 1.29 is 14.7 Å². The summed E-state index contributed by atoms with van der Waals surface area (Å²) in [4.78, 5) is 24.3. The second kappa shape index (κ2) is 5.86. The van der Waals surface area contributed by atoms with Crippen LogP contribution in [0.5, 0.6) is 0 Å². The van der Waals surface area contributed by atoms with Gasteiger partial charge in [0.15, 0.2) is 0 Å². The molecule has 1 heterocycles. The van der Waals surface area contributed by atoms with Crippen LogP contribution in [0.3, 0.4) is 0 Å². The maximum absolute atomic E-state index is 12.1. The summed E-state index contributed by atoms with van der Waals surface area (Å²) in [7, 11) is 3.48. The van der Waals surface area contributed by atoms with E-state index in [1.165, 1.54) is 4.90 Å². The average Bonchev–Trinajstić information content (AvgIpc) is 2.54. The Balaban J connectivity index is 2.76. The normalized spacial score (nSPS) is 12.3. The van der Waals surface area contributed by atoms with E-state index in [1.54, 1.807) is 18.7 Å². The minimum atomic E-state index is -0.902. The lowest BCUT2D eigenvalue weighted by atomic mass is 10.1. The molecule has 0 saturated heterocycles. The zero-order valence-corrected chi connectivity index (χ0v) is 12.1. The van der Waals surface area contributed by atoms with E-state index < -0.39 is 5.97 Å². The van der Waals surface area contributed by atoms with Gasteiger partial charge in [-0.3, -0.25) is 14.3 Å². The number of amides is 1. The molecular weight excluding hydrogens is 246 g/mol. The summed E-state index contributed by atoms with van der Waals surface area (Å²) >= 11 is 0. The lowest BCUT2D eigenvalue weighted by Gasteiger charge is -2.23. The Labute approximate surface area is 113 Å². The molecule has 0 aliphatic carbocycles. The molecule has 0 aliphatic rings. The molecule has 0 spiro atoms. The average molecular weight is 267 g/mol. The Hall–Kier alpha value is -1.85. The zero-order chi connectivity index (χ0) is 14.7. The van der Waals surface area contributed by atoms with E-state index in [4.69, 9.17) is 5.11 Å². The van der Waals surface area contributed by atoms with E-state index in [2.05, 4.69) is 5.10 Å². The van der Waals surface area contributed by atoms with Gasteiger partial charge in [-0.2, -0.15) is 5.10 Å². The first kappa shape index (κ1) is 15.2. The number of carboxylic acids is 1. The first-order chi connectivity index (χ1) is 8.73. The van der Waals surface area contributed by atoms with Crippen LogP contribution in [0.1, 0.15) is 30.3 Å². The number of carbonyl (C=O) groups is 2. The molecule has 1 amide bonds. The third-order valence-electron chi connectivity index (χ3n) is 3.51. The maximum Gasteiger partial charge on any atom is 0.305 e. The van der Waals surface area contributed by atoms with Crippen molar-refractivity contribution >= 4 is 11.9 Å². The molecule has 0 fully saturated rings. The minimum Gasteiger partial charge on any atom is -0.481 e. The standard InChI is InChI=1S/C13H21N3O3/c1-8(6-13(18)19)15(4)12(17)7-11-9(2)14-16(5)10(11)3/h8H,6-7H2,1-5H3,(H,18,19). The van der Waals surface area contributed by atoms with Crippen molar-refractivity contribution in [1.82, 2.24) is 14.7 Å². The van der Waals surface area contributed by atoms with E-state index in [0.29, 0.717) is 0 Å². The van der Waals surface area contributed by atoms with Gasteiger partial charge in [0.05, 0.1) is 18.5 Å². The number of hydrogen-bond donors (Lipinski definition) is 1. The molecule has 0 saturated carbocycles. The summed E-state index contributed by atoms with van der Waals surface area (Å²) in [6, 6.07) is -0.317. The van der Waals surface area contributed by atoms with Crippen LogP contribution in [-0.4, -0.2) is 44.8 Å². The van der Waals surface area contributed by atoms with Crippen LogP contribution < -0.4 is 0 Å². The summed E-state index contributed by atoms with van der Waals surface area (Å²) in [6.07, 6.45) is 0.208. The number of carboxylic acid groups (broad SMARTS) is 1. The van der Waals surface area contributed by atoms with Gasteiger partial charge in [-0.25, -0.2) is 0 Å². The SMILES string of the molecule is Cc1nn(C)c(C)c1CC(=O)N(C)C(C)CC(=O)O. The van der Waals surface area contributed by atoms with Gasteiger partial charge in [0.1, 0.15) is 0 Å². The number of hydrogen-bond acceptors (Lipinski definition) is 3. The van der Waals surface area contributed by atoms with Gasteiger partial charge in [0, 0.05) is 31.4 Å². The summed E-state index contributed by atoms with van der Waals surface area (Å²) in [5.41, 5.74) is 2.72. The Morgan fingerprint density at radius 1 is 1.42 bits per heavy atom. The van der Waals surface area contributed by atoms with Crippen molar-refractivity contribution in [2.75, 3.05) is 7.05 Å². The Kier molecular flexibility index (Phi) is 4.69. The van der Waals surface area contributed by atoms with Crippen molar-refractivity contribution in [3.05, 3.63) is 17.0 Å². The molecule has 1 aromatic heterocycles. The van der Waals surface area contributed by atoms with Crippen LogP contribution in [0.4, 0.5) is 0 Å². The van der Waals surface area contributed by atoms with E-state index in [1.807, 2.05) is 20.9 Å². The number of nitrogens with zero attached hydrogens (tertiary/aromatic N) is 3. The van der Waals surface area contributed by atoms with Crippen molar-refractivity contribution in [1.29, 1.82) is 0 Å². The van der Waals surface area contributed by atoms with Crippen LogP contribution in [0.2, 0.25) is 0 Å². The van der Waals surface area contributed by atoms with E-state index in [-0.39, 0.29) is 24.8 Å². The molecule has 0 bridgehead atoms. The highest BCUT2D eigenvalue weighted by atomic mass is 16.4. The Morgan fingerprint density at radius 2 is 2.00 bits per heavy atom. The van der Waals surface area contributed by atoms with Gasteiger partial charge >= 0.3 is 5.97 Å². The third kappa shape index (κ3) is 3.56. The fourth-order valence-corrected chi connectivity index (χ4v) is 1.98. The number of likely N-dealkylation sites (N-methyl/N-ethyl adjacent to an activating group) is 1. The monoisotopic (exact) mass is 267 g/mol. The second-order valence-corrected chi connectivity index (χ2v) is 4.90. The first-order valence-corrected chi connectivity index (χ1v) is 6.20. The van der Waals surface area contributed by atoms with Crippen molar-refractivity contribution in [2.24, 2.45) is 7.05 Å². The van der Waals surface area contributed by atoms with Gasteiger partial charge < -0.3 is 10.0 Å². The van der Waals surface area contributed by atoms with Crippen molar-refractivity contribution in [3.63, 3.8) is 0 Å². The fraction of sp³-hybridized carbons (Fsp3) is 0.615. The molecule has 0 aromatic carbocycles. The van der Waals surface area contributed by atoms with Gasteiger partial charge in [0.2, 0.25) is 5.91 Å². The molecule has 1 atom stereocenters. The molecule has 106 valence electrons. The Bertz CT molecular complexity index is 494. The highest BCUT2D eigenvalue weighted by Gasteiger charge is 2.21. The van der Waals surface area contributed by atoms with E-state index in [0.717, 1.165) is 17.0 Å². The molecule has 1 unspecified atom stereocenters. The zero-order valence-electron chi connectivity index (χ0n) is 12.1. The molecule has 1 aromatic rings. The molecule has 6 nitrogen and oxygen atoms in total. The van der Waals surface area contributed by atoms with Gasteiger partial charge in [0.25, 0.3) is 0 Å². The smallest absolute Gasteiger partial charge is 0.305 e. The minimum absolute atomic E-state index is 0.0484. The van der Waals surface area contributed by atoms with Gasteiger partial charge in [-0.05, 0) is 20.8 Å². The number of aliphatic carboxylic acids is 1. The molecule has 6 heteroatoms. The fourth-order valence-electron chi connectivity index (χ4n) is 1.98.